The SMILES string of the molecule is CN/C(OCc1cc(Cl)ccc1Cl)=C(\C=N)C(=O)NC1C2CC3CC(C2)CC1C3. The number of nitrogens with one attached hydrogen (secondary N) is 3. The van der Waals surface area contributed by atoms with Crippen LogP contribution in [0.2, 0.25) is 10.0 Å². The van der Waals surface area contributed by atoms with E-state index in [1.54, 1.807) is 25.2 Å². The number of hydrogen-bond donors (Lipinski definition) is 3. The second-order valence-corrected chi connectivity index (χ2v) is 9.44. The Hall–Kier alpha value is -1.72. The molecule has 1 aromatic carbocycles. The average molecular weight is 436 g/mol. The molecule has 4 aliphatic carbocycles. The monoisotopic (exact) mass is 435 g/mol. The van der Waals surface area contributed by atoms with Crippen molar-refractivity contribution in [3.63, 3.8) is 0 Å². The summed E-state index contributed by atoms with van der Waals surface area (Å²) in [6.07, 6.45) is 7.34. The van der Waals surface area contributed by atoms with Gasteiger partial charge in [0.2, 0.25) is 5.88 Å². The molecular weight excluding hydrogens is 409 g/mol. The second kappa shape index (κ2) is 8.57. The summed E-state index contributed by atoms with van der Waals surface area (Å²) in [5, 5.41) is 15.0. The third kappa shape index (κ3) is 4.26. The van der Waals surface area contributed by atoms with Gasteiger partial charge in [-0.1, -0.05) is 23.2 Å². The van der Waals surface area contributed by atoms with Gasteiger partial charge in [-0.15, -0.1) is 0 Å². The van der Waals surface area contributed by atoms with Crippen molar-refractivity contribution in [2.75, 3.05) is 7.05 Å². The minimum absolute atomic E-state index is 0.151. The molecule has 0 radical (unpaired) electrons. The Morgan fingerprint density at radius 3 is 2.41 bits per heavy atom. The van der Waals surface area contributed by atoms with Gasteiger partial charge in [0.25, 0.3) is 5.91 Å². The van der Waals surface area contributed by atoms with Crippen LogP contribution in [0.4, 0.5) is 0 Å². The van der Waals surface area contributed by atoms with Crippen molar-refractivity contribution in [3.8, 4) is 0 Å². The Morgan fingerprint density at radius 2 is 1.83 bits per heavy atom. The lowest BCUT2D eigenvalue weighted by molar-refractivity contribution is -0.121. The molecule has 4 bridgehead atoms. The number of hydrogen-bond acceptors (Lipinski definition) is 4. The molecule has 0 spiro atoms. The molecule has 3 N–H and O–H groups in total. The van der Waals surface area contributed by atoms with Crippen LogP contribution in [0.3, 0.4) is 0 Å². The highest BCUT2D eigenvalue weighted by molar-refractivity contribution is 6.33. The van der Waals surface area contributed by atoms with Crippen LogP contribution in [0.1, 0.15) is 37.7 Å². The second-order valence-electron chi connectivity index (χ2n) is 8.59. The summed E-state index contributed by atoms with van der Waals surface area (Å²) in [5.74, 6) is 2.86. The van der Waals surface area contributed by atoms with Crippen molar-refractivity contribution < 1.29 is 9.53 Å². The van der Waals surface area contributed by atoms with Crippen LogP contribution < -0.4 is 10.6 Å². The van der Waals surface area contributed by atoms with Crippen molar-refractivity contribution in [1.29, 1.82) is 5.41 Å². The van der Waals surface area contributed by atoms with E-state index in [9.17, 15) is 4.79 Å². The molecule has 1 aromatic rings. The molecule has 4 saturated carbocycles. The molecule has 0 heterocycles. The van der Waals surface area contributed by atoms with Gasteiger partial charge in [-0.25, -0.2) is 0 Å². The number of carbonyl (C=O) groups is 1. The fraction of sp³-hybridized carbons (Fsp3) is 0.545. The van der Waals surface area contributed by atoms with Crippen molar-refractivity contribution in [2.45, 2.75) is 44.8 Å². The summed E-state index contributed by atoms with van der Waals surface area (Å²) in [6.45, 7) is 0.151. The van der Waals surface area contributed by atoms with Gasteiger partial charge in [0.1, 0.15) is 12.2 Å². The van der Waals surface area contributed by atoms with Gasteiger partial charge in [0.05, 0.1) is 0 Å². The van der Waals surface area contributed by atoms with Crippen LogP contribution in [0.5, 0.6) is 0 Å². The first-order valence-corrected chi connectivity index (χ1v) is 11.0. The van der Waals surface area contributed by atoms with Crippen molar-refractivity contribution in [2.24, 2.45) is 23.7 Å². The van der Waals surface area contributed by atoms with Crippen LogP contribution >= 0.6 is 23.2 Å². The van der Waals surface area contributed by atoms with E-state index >= 15 is 0 Å². The maximum atomic E-state index is 13.0. The van der Waals surface area contributed by atoms with Crippen molar-refractivity contribution in [1.82, 2.24) is 10.6 Å². The third-order valence-corrected chi connectivity index (χ3v) is 7.37. The normalized spacial score (nSPS) is 30.5. The molecule has 1 amide bonds. The third-order valence-electron chi connectivity index (χ3n) is 6.76. The number of amides is 1. The van der Waals surface area contributed by atoms with Gasteiger partial charge in [0, 0.05) is 34.9 Å². The van der Waals surface area contributed by atoms with E-state index < -0.39 is 0 Å². The number of carbonyl (C=O) groups excluding carboxylic acids is 1. The predicted molar refractivity (Wildman–Crippen MR) is 115 cm³/mol. The topological polar surface area (TPSA) is 74.2 Å². The first-order valence-electron chi connectivity index (χ1n) is 10.3. The molecule has 5 rings (SSSR count). The zero-order chi connectivity index (χ0) is 20.5. The molecule has 29 heavy (non-hydrogen) atoms. The van der Waals surface area contributed by atoms with Crippen LogP contribution in [0, 0.1) is 29.1 Å². The van der Waals surface area contributed by atoms with E-state index in [0.717, 1.165) is 23.6 Å². The molecule has 0 saturated heterocycles. The van der Waals surface area contributed by atoms with E-state index in [2.05, 4.69) is 10.6 Å². The van der Waals surface area contributed by atoms with Gasteiger partial charge in [-0.05, 0) is 74.0 Å². The van der Waals surface area contributed by atoms with Crippen LogP contribution in [-0.2, 0) is 16.1 Å². The lowest BCUT2D eigenvalue weighted by Crippen LogP contribution is -2.56. The number of ether oxygens (including phenoxy) is 1. The van der Waals surface area contributed by atoms with Gasteiger partial charge in [-0.2, -0.15) is 0 Å². The fourth-order valence-corrected chi connectivity index (χ4v) is 6.08. The maximum absolute atomic E-state index is 13.0. The molecular formula is C22H27Cl2N3O2. The Labute approximate surface area is 181 Å². The highest BCUT2D eigenvalue weighted by Gasteiger charge is 2.48. The Bertz CT molecular complexity index is 811. The van der Waals surface area contributed by atoms with Crippen LogP contribution in [0.15, 0.2) is 29.7 Å². The summed E-state index contributed by atoms with van der Waals surface area (Å²) in [4.78, 5) is 13.0. The van der Waals surface area contributed by atoms with Gasteiger partial charge in [-0.3, -0.25) is 4.79 Å². The molecule has 0 aliphatic heterocycles. The van der Waals surface area contributed by atoms with E-state index in [-0.39, 0.29) is 30.0 Å². The first kappa shape index (κ1) is 20.5. The quantitative estimate of drug-likeness (QED) is 0.334. The van der Waals surface area contributed by atoms with Crippen LogP contribution in [-0.4, -0.2) is 25.2 Å². The van der Waals surface area contributed by atoms with Gasteiger partial charge in [0.15, 0.2) is 0 Å². The summed E-state index contributed by atoms with van der Waals surface area (Å²) in [7, 11) is 1.68. The molecule has 0 unspecified atom stereocenters. The Kier molecular flexibility index (Phi) is 6.07. The van der Waals surface area contributed by atoms with Crippen molar-refractivity contribution >= 4 is 35.3 Å². The zero-order valence-corrected chi connectivity index (χ0v) is 18.0. The predicted octanol–water partition coefficient (Wildman–Crippen LogP) is 4.53. The lowest BCUT2D eigenvalue weighted by Gasteiger charge is -2.54. The molecule has 4 aliphatic rings. The van der Waals surface area contributed by atoms with E-state index in [4.69, 9.17) is 33.3 Å². The maximum Gasteiger partial charge on any atom is 0.258 e. The van der Waals surface area contributed by atoms with E-state index in [1.165, 1.54) is 32.1 Å². The smallest absolute Gasteiger partial charge is 0.258 e. The summed E-state index contributed by atoms with van der Waals surface area (Å²) in [6, 6.07) is 5.37. The molecule has 4 fully saturated rings. The van der Waals surface area contributed by atoms with Gasteiger partial charge >= 0.3 is 0 Å². The van der Waals surface area contributed by atoms with Gasteiger partial charge < -0.3 is 20.8 Å². The summed E-state index contributed by atoms with van der Waals surface area (Å²) < 4.78 is 5.81. The van der Waals surface area contributed by atoms with Crippen molar-refractivity contribution in [3.05, 3.63) is 45.3 Å². The lowest BCUT2D eigenvalue weighted by atomic mass is 9.54. The summed E-state index contributed by atoms with van der Waals surface area (Å²) in [5.41, 5.74) is 0.914. The highest BCUT2D eigenvalue weighted by atomic mass is 35.5. The highest BCUT2D eigenvalue weighted by Crippen LogP contribution is 2.53. The Balaban J connectivity index is 1.46. The van der Waals surface area contributed by atoms with E-state index in [0.29, 0.717) is 21.9 Å². The molecule has 5 nitrogen and oxygen atoms in total. The van der Waals surface area contributed by atoms with E-state index in [1.807, 2.05) is 0 Å². The number of halogens is 2. The molecule has 7 heteroatoms. The number of benzene rings is 1. The molecule has 0 aromatic heterocycles. The summed E-state index contributed by atoms with van der Waals surface area (Å²) >= 11 is 12.2. The fourth-order valence-electron chi connectivity index (χ4n) is 5.71. The average Bonchev–Trinajstić information content (AvgIpc) is 2.69. The Morgan fingerprint density at radius 1 is 1.17 bits per heavy atom. The minimum atomic E-state index is -0.251. The molecule has 156 valence electrons. The molecule has 0 atom stereocenters. The largest absolute Gasteiger partial charge is 0.474 e. The standard InChI is InChI=1S/C22H27Cl2N3O2/c1-26-22(29-11-16-9-17(23)2-3-19(16)24)18(10-25)21(28)27-20-14-5-12-4-13(7-14)8-15(20)6-12/h2-3,9-10,12-15,20,25-26H,4-8,11H2,1H3,(H,27,28)/b22-18-,25-10?. The first-order chi connectivity index (χ1) is 14.0. The van der Waals surface area contributed by atoms with Crippen LogP contribution in [0.25, 0.3) is 0 Å². The zero-order valence-electron chi connectivity index (χ0n) is 16.5. The number of rotatable bonds is 7. The minimum Gasteiger partial charge on any atom is -0.474 e.